The minimum Gasteiger partial charge on any atom is -0.491 e. The number of carbonyl (C=O) groups excluding carboxylic acids is 1. The van der Waals surface area contributed by atoms with E-state index in [4.69, 9.17) is 4.74 Å². The fourth-order valence-electron chi connectivity index (χ4n) is 2.24. The Hall–Kier alpha value is -2.60. The minimum atomic E-state index is -0.811. The van der Waals surface area contributed by atoms with Crippen molar-refractivity contribution in [2.45, 2.75) is 19.4 Å². The van der Waals surface area contributed by atoms with Crippen LogP contribution in [0.5, 0.6) is 5.75 Å². The average Bonchev–Trinajstić information content (AvgIpc) is 2.58. The molecule has 5 nitrogen and oxygen atoms in total. The molecule has 0 saturated carbocycles. The highest BCUT2D eigenvalue weighted by Gasteiger charge is 2.08. The van der Waals surface area contributed by atoms with Gasteiger partial charge in [-0.15, -0.1) is 0 Å². The Morgan fingerprint density at radius 3 is 2.76 bits per heavy atom. The number of carbonyl (C=O) groups is 1. The largest absolute Gasteiger partial charge is 0.491 e. The van der Waals surface area contributed by atoms with Gasteiger partial charge in [-0.2, -0.15) is 0 Å². The molecule has 0 spiro atoms. The van der Waals surface area contributed by atoms with Crippen molar-refractivity contribution in [3.8, 4) is 5.75 Å². The molecule has 0 bridgehead atoms. The molecule has 6 heteroatoms. The number of rotatable bonds is 8. The van der Waals surface area contributed by atoms with E-state index in [9.17, 15) is 14.3 Å². The van der Waals surface area contributed by atoms with Gasteiger partial charge in [0.15, 0.2) is 0 Å². The van der Waals surface area contributed by atoms with Gasteiger partial charge in [0, 0.05) is 13.1 Å². The number of halogens is 1. The van der Waals surface area contributed by atoms with E-state index in [1.807, 2.05) is 31.2 Å². The van der Waals surface area contributed by atoms with Gasteiger partial charge in [-0.25, -0.2) is 9.18 Å². The molecule has 0 heterocycles. The highest BCUT2D eigenvalue weighted by molar-refractivity contribution is 5.73. The molecule has 0 aromatic heterocycles. The van der Waals surface area contributed by atoms with Crippen molar-refractivity contribution in [1.82, 2.24) is 10.6 Å². The summed E-state index contributed by atoms with van der Waals surface area (Å²) in [5.74, 6) is 0.386. The number of hydrogen-bond donors (Lipinski definition) is 3. The van der Waals surface area contributed by atoms with Crippen LogP contribution in [-0.4, -0.2) is 36.9 Å². The Bertz CT molecular complexity index is 694. The number of urea groups is 1. The van der Waals surface area contributed by atoms with Crippen LogP contribution < -0.4 is 15.4 Å². The number of nitrogens with one attached hydrogen (secondary N) is 2. The van der Waals surface area contributed by atoms with Crippen LogP contribution in [0, 0.1) is 12.7 Å². The van der Waals surface area contributed by atoms with Crippen LogP contribution in [0.3, 0.4) is 0 Å². The molecule has 2 aromatic rings. The molecule has 25 heavy (non-hydrogen) atoms. The van der Waals surface area contributed by atoms with Crippen molar-refractivity contribution in [3.63, 3.8) is 0 Å². The van der Waals surface area contributed by atoms with Crippen molar-refractivity contribution in [2.24, 2.45) is 0 Å². The fourth-order valence-corrected chi connectivity index (χ4v) is 2.24. The Morgan fingerprint density at radius 2 is 2.00 bits per heavy atom. The third-order valence-corrected chi connectivity index (χ3v) is 3.52. The summed E-state index contributed by atoms with van der Waals surface area (Å²) in [7, 11) is 0. The molecule has 0 fully saturated rings. The smallest absolute Gasteiger partial charge is 0.314 e. The Kier molecular flexibility index (Phi) is 7.22. The Labute approximate surface area is 146 Å². The van der Waals surface area contributed by atoms with Crippen LogP contribution >= 0.6 is 0 Å². The molecular weight excluding hydrogens is 323 g/mol. The lowest BCUT2D eigenvalue weighted by molar-refractivity contribution is 0.108. The summed E-state index contributed by atoms with van der Waals surface area (Å²) in [5.41, 5.74) is 1.88. The van der Waals surface area contributed by atoms with Crippen molar-refractivity contribution in [2.75, 3.05) is 19.7 Å². The predicted octanol–water partition coefficient (Wildman–Crippen LogP) is 2.42. The maximum Gasteiger partial charge on any atom is 0.314 e. The first-order chi connectivity index (χ1) is 12.0. The maximum absolute atomic E-state index is 13.0. The fraction of sp³-hybridized carbons (Fsp3) is 0.316. The van der Waals surface area contributed by atoms with Crippen molar-refractivity contribution in [1.29, 1.82) is 0 Å². The summed E-state index contributed by atoms with van der Waals surface area (Å²) in [4.78, 5) is 11.7. The van der Waals surface area contributed by atoms with Gasteiger partial charge in [-0.1, -0.05) is 24.3 Å². The quantitative estimate of drug-likeness (QED) is 0.687. The lowest BCUT2D eigenvalue weighted by atomic mass is 10.1. The molecule has 134 valence electrons. The lowest BCUT2D eigenvalue weighted by Crippen LogP contribution is -2.41. The van der Waals surface area contributed by atoms with Gasteiger partial charge in [0.2, 0.25) is 0 Å². The molecule has 0 radical (unpaired) electrons. The molecule has 0 aliphatic rings. The number of aliphatic hydroxyl groups is 1. The second-order valence-electron chi connectivity index (χ2n) is 5.80. The zero-order valence-corrected chi connectivity index (χ0v) is 14.2. The predicted molar refractivity (Wildman–Crippen MR) is 94.2 cm³/mol. The van der Waals surface area contributed by atoms with Gasteiger partial charge in [-0.05, 0) is 48.7 Å². The summed E-state index contributed by atoms with van der Waals surface area (Å²) in [6, 6.07) is 13.4. The first-order valence-corrected chi connectivity index (χ1v) is 8.16. The highest BCUT2D eigenvalue weighted by atomic mass is 19.1. The third kappa shape index (κ3) is 7.22. The number of hydrogen-bond acceptors (Lipinski definition) is 3. The lowest BCUT2D eigenvalue weighted by Gasteiger charge is -2.14. The monoisotopic (exact) mass is 346 g/mol. The van der Waals surface area contributed by atoms with Crippen LogP contribution in [0.25, 0.3) is 0 Å². The van der Waals surface area contributed by atoms with Crippen LogP contribution in [0.2, 0.25) is 0 Å². The summed E-state index contributed by atoms with van der Waals surface area (Å²) in [6.45, 7) is 2.51. The zero-order chi connectivity index (χ0) is 18.1. The third-order valence-electron chi connectivity index (χ3n) is 3.52. The summed E-state index contributed by atoms with van der Waals surface area (Å²) < 4.78 is 18.5. The van der Waals surface area contributed by atoms with Crippen LogP contribution in [-0.2, 0) is 6.42 Å². The Morgan fingerprint density at radius 1 is 1.20 bits per heavy atom. The molecule has 1 atom stereocenters. The van der Waals surface area contributed by atoms with Crippen molar-refractivity contribution < 1.29 is 19.0 Å². The number of ether oxygens (including phenoxy) is 1. The van der Waals surface area contributed by atoms with Gasteiger partial charge in [0.1, 0.15) is 24.3 Å². The average molecular weight is 346 g/mol. The number of aryl methyl sites for hydroxylation is 1. The topological polar surface area (TPSA) is 70.6 Å². The van der Waals surface area contributed by atoms with Crippen LogP contribution in [0.4, 0.5) is 9.18 Å². The molecule has 0 saturated heterocycles. The van der Waals surface area contributed by atoms with E-state index in [2.05, 4.69) is 10.6 Å². The molecule has 0 aliphatic heterocycles. The SMILES string of the molecule is Cc1cccc(OCC(O)CNC(=O)NCCc2cccc(F)c2)c1. The summed E-state index contributed by atoms with van der Waals surface area (Å²) >= 11 is 0. The molecular formula is C19H23FN2O3. The molecule has 2 amide bonds. The van der Waals surface area contributed by atoms with Crippen LogP contribution in [0.15, 0.2) is 48.5 Å². The van der Waals surface area contributed by atoms with Gasteiger partial charge in [0.25, 0.3) is 0 Å². The highest BCUT2D eigenvalue weighted by Crippen LogP contribution is 2.12. The van der Waals surface area contributed by atoms with E-state index < -0.39 is 6.10 Å². The summed E-state index contributed by atoms with van der Waals surface area (Å²) in [6.07, 6.45) is -0.279. The van der Waals surface area contributed by atoms with Crippen molar-refractivity contribution >= 4 is 6.03 Å². The summed E-state index contributed by atoms with van der Waals surface area (Å²) in [5, 5.41) is 15.1. The van der Waals surface area contributed by atoms with E-state index in [0.717, 1.165) is 11.1 Å². The molecule has 3 N–H and O–H groups in total. The maximum atomic E-state index is 13.0. The minimum absolute atomic E-state index is 0.0810. The van der Waals surface area contributed by atoms with E-state index in [1.54, 1.807) is 12.1 Å². The number of amides is 2. The molecule has 2 aromatic carbocycles. The van der Waals surface area contributed by atoms with Crippen LogP contribution in [0.1, 0.15) is 11.1 Å². The van der Waals surface area contributed by atoms with Gasteiger partial charge < -0.3 is 20.5 Å². The first-order valence-electron chi connectivity index (χ1n) is 8.16. The van der Waals surface area contributed by atoms with Gasteiger partial charge in [-0.3, -0.25) is 0 Å². The first kappa shape index (κ1) is 18.7. The van der Waals surface area contributed by atoms with E-state index >= 15 is 0 Å². The number of aliphatic hydroxyl groups excluding tert-OH is 1. The second-order valence-corrected chi connectivity index (χ2v) is 5.80. The van der Waals surface area contributed by atoms with Gasteiger partial charge >= 0.3 is 6.03 Å². The van der Waals surface area contributed by atoms with E-state index in [0.29, 0.717) is 18.7 Å². The van der Waals surface area contributed by atoms with E-state index in [-0.39, 0.29) is 25.0 Å². The standard InChI is InChI=1S/C19H23FN2O3/c1-14-4-2-7-18(10-14)25-13-17(23)12-22-19(24)21-9-8-15-5-3-6-16(20)11-15/h2-7,10-11,17,23H,8-9,12-13H2,1H3,(H2,21,22,24). The van der Waals surface area contributed by atoms with Gasteiger partial charge in [0.05, 0.1) is 0 Å². The molecule has 1 unspecified atom stereocenters. The second kappa shape index (κ2) is 9.64. The van der Waals surface area contributed by atoms with Crippen molar-refractivity contribution in [3.05, 3.63) is 65.5 Å². The van der Waals surface area contributed by atoms with E-state index in [1.165, 1.54) is 12.1 Å². The molecule has 2 rings (SSSR count). The zero-order valence-electron chi connectivity index (χ0n) is 14.2. The normalized spacial score (nSPS) is 11.6. The Balaban J connectivity index is 1.60. The number of benzene rings is 2. The molecule has 0 aliphatic carbocycles.